The molecule has 0 spiro atoms. The third-order valence-electron chi connectivity index (χ3n) is 2.95. The van der Waals surface area contributed by atoms with Crippen LogP contribution < -0.4 is 10.1 Å². The molecule has 5 nitrogen and oxygen atoms in total. The van der Waals surface area contributed by atoms with Gasteiger partial charge in [0.05, 0.1) is 0 Å². The Balaban J connectivity index is 2.25. The summed E-state index contributed by atoms with van der Waals surface area (Å²) in [6, 6.07) is 6.57. The van der Waals surface area contributed by atoms with Gasteiger partial charge in [-0.1, -0.05) is 19.1 Å². The fourth-order valence-corrected chi connectivity index (χ4v) is 2.05. The minimum absolute atomic E-state index is 0.169. The van der Waals surface area contributed by atoms with Crippen LogP contribution in [0.5, 0.6) is 5.75 Å². The van der Waals surface area contributed by atoms with Gasteiger partial charge in [0, 0.05) is 28.9 Å². The van der Waals surface area contributed by atoms with E-state index in [0.717, 1.165) is 13.0 Å². The minimum atomic E-state index is -0.993. The first kappa shape index (κ1) is 16.7. The first-order valence-electron chi connectivity index (χ1n) is 6.50. The lowest BCUT2D eigenvalue weighted by molar-refractivity contribution is 0.0692. The largest absolute Gasteiger partial charge is 0.491 e. The summed E-state index contributed by atoms with van der Waals surface area (Å²) < 4.78 is 16.6. The SMILES string of the molecule is CC(CCNCCOc1ccccc1C(=O)O)S(C)=O. The normalized spacial score (nSPS) is 13.7. The second-order valence-corrected chi connectivity index (χ2v) is 6.30. The van der Waals surface area contributed by atoms with E-state index in [1.54, 1.807) is 24.5 Å². The smallest absolute Gasteiger partial charge is 0.339 e. The number of carbonyl (C=O) groups is 1. The molecule has 2 unspecified atom stereocenters. The summed E-state index contributed by atoms with van der Waals surface area (Å²) in [4.78, 5) is 11.0. The van der Waals surface area contributed by atoms with Crippen LogP contribution in [0.2, 0.25) is 0 Å². The Morgan fingerprint density at radius 2 is 2.10 bits per heavy atom. The maximum atomic E-state index is 11.2. The second-order valence-electron chi connectivity index (χ2n) is 4.50. The van der Waals surface area contributed by atoms with Gasteiger partial charge in [-0.15, -0.1) is 0 Å². The molecule has 0 radical (unpaired) electrons. The highest BCUT2D eigenvalue weighted by molar-refractivity contribution is 7.84. The molecule has 0 aliphatic heterocycles. The Morgan fingerprint density at radius 3 is 2.75 bits per heavy atom. The molecule has 0 saturated carbocycles. The maximum Gasteiger partial charge on any atom is 0.339 e. The third-order valence-corrected chi connectivity index (χ3v) is 4.32. The average molecular weight is 299 g/mol. The molecule has 112 valence electrons. The van der Waals surface area contributed by atoms with Gasteiger partial charge in [0.25, 0.3) is 0 Å². The Hall–Kier alpha value is -1.40. The fourth-order valence-electron chi connectivity index (χ4n) is 1.60. The van der Waals surface area contributed by atoms with Gasteiger partial charge < -0.3 is 15.2 Å². The van der Waals surface area contributed by atoms with Gasteiger partial charge in [-0.05, 0) is 25.1 Å². The van der Waals surface area contributed by atoms with Crippen molar-refractivity contribution in [3.05, 3.63) is 29.8 Å². The van der Waals surface area contributed by atoms with Crippen LogP contribution in [-0.2, 0) is 10.8 Å². The number of rotatable bonds is 9. The standard InChI is InChI=1S/C14H21NO4S/c1-11(20(2)18)7-8-15-9-10-19-13-6-4-3-5-12(13)14(16)17/h3-6,11,15H,7-10H2,1-2H3,(H,16,17). The highest BCUT2D eigenvalue weighted by Gasteiger charge is 2.09. The number of aromatic carboxylic acids is 1. The predicted octanol–water partition coefficient (Wildman–Crippen LogP) is 1.51. The van der Waals surface area contributed by atoms with Crippen LogP contribution in [0.4, 0.5) is 0 Å². The van der Waals surface area contributed by atoms with Crippen molar-refractivity contribution >= 4 is 16.8 Å². The van der Waals surface area contributed by atoms with Crippen LogP contribution in [0.15, 0.2) is 24.3 Å². The summed E-state index contributed by atoms with van der Waals surface area (Å²) in [5, 5.41) is 12.4. The fraction of sp³-hybridized carbons (Fsp3) is 0.500. The number of hydrogen-bond acceptors (Lipinski definition) is 4. The molecular formula is C14H21NO4S. The Morgan fingerprint density at radius 1 is 1.40 bits per heavy atom. The quantitative estimate of drug-likeness (QED) is 0.676. The number of para-hydroxylation sites is 1. The van der Waals surface area contributed by atoms with E-state index < -0.39 is 16.8 Å². The van der Waals surface area contributed by atoms with E-state index in [2.05, 4.69) is 5.32 Å². The van der Waals surface area contributed by atoms with Gasteiger partial charge in [0.2, 0.25) is 0 Å². The first-order chi connectivity index (χ1) is 9.52. The minimum Gasteiger partial charge on any atom is -0.491 e. The van der Waals surface area contributed by atoms with Crippen LogP contribution in [0.3, 0.4) is 0 Å². The summed E-state index contributed by atoms with van der Waals surface area (Å²) in [6.45, 7) is 3.74. The van der Waals surface area contributed by atoms with Crippen molar-refractivity contribution in [2.45, 2.75) is 18.6 Å². The molecule has 2 N–H and O–H groups in total. The summed E-state index contributed by atoms with van der Waals surface area (Å²) in [5.74, 6) is -0.613. The summed E-state index contributed by atoms with van der Waals surface area (Å²) in [5.41, 5.74) is 0.169. The molecule has 0 heterocycles. The molecule has 2 atom stereocenters. The van der Waals surface area contributed by atoms with E-state index in [1.165, 1.54) is 6.07 Å². The topological polar surface area (TPSA) is 75.6 Å². The van der Waals surface area contributed by atoms with E-state index in [-0.39, 0.29) is 10.8 Å². The molecule has 0 saturated heterocycles. The van der Waals surface area contributed by atoms with E-state index in [4.69, 9.17) is 9.84 Å². The first-order valence-corrected chi connectivity index (χ1v) is 8.12. The van der Waals surface area contributed by atoms with Gasteiger partial charge in [0.15, 0.2) is 0 Å². The lowest BCUT2D eigenvalue weighted by Gasteiger charge is -2.11. The zero-order valence-electron chi connectivity index (χ0n) is 11.8. The van der Waals surface area contributed by atoms with Crippen LogP contribution >= 0.6 is 0 Å². The average Bonchev–Trinajstić information content (AvgIpc) is 2.42. The Kier molecular flexibility index (Phi) is 7.25. The summed E-state index contributed by atoms with van der Waals surface area (Å²) in [7, 11) is -0.792. The summed E-state index contributed by atoms with van der Waals surface area (Å²) >= 11 is 0. The second kappa shape index (κ2) is 8.71. The molecule has 0 amide bonds. The van der Waals surface area contributed by atoms with Gasteiger partial charge >= 0.3 is 5.97 Å². The molecule has 20 heavy (non-hydrogen) atoms. The van der Waals surface area contributed by atoms with E-state index in [9.17, 15) is 9.00 Å². The van der Waals surface area contributed by atoms with Crippen molar-refractivity contribution in [2.75, 3.05) is 26.0 Å². The number of carboxylic acid groups (broad SMARTS) is 1. The van der Waals surface area contributed by atoms with Gasteiger partial charge in [-0.25, -0.2) is 4.79 Å². The monoisotopic (exact) mass is 299 g/mol. The van der Waals surface area contributed by atoms with Crippen LogP contribution in [-0.4, -0.2) is 46.5 Å². The number of hydrogen-bond donors (Lipinski definition) is 2. The number of ether oxygens (including phenoxy) is 1. The molecule has 0 fully saturated rings. The van der Waals surface area contributed by atoms with Crippen molar-refractivity contribution in [3.8, 4) is 5.75 Å². The molecular weight excluding hydrogens is 278 g/mol. The molecule has 0 aliphatic carbocycles. The van der Waals surface area contributed by atoms with Crippen molar-refractivity contribution in [1.29, 1.82) is 0 Å². The number of nitrogens with one attached hydrogen (secondary N) is 1. The van der Waals surface area contributed by atoms with E-state index >= 15 is 0 Å². The van der Waals surface area contributed by atoms with Crippen molar-refractivity contribution in [2.24, 2.45) is 0 Å². The highest BCUT2D eigenvalue weighted by Crippen LogP contribution is 2.17. The molecule has 6 heteroatoms. The van der Waals surface area contributed by atoms with Gasteiger partial charge in [0.1, 0.15) is 17.9 Å². The molecule has 0 aromatic heterocycles. The van der Waals surface area contributed by atoms with Crippen molar-refractivity contribution in [1.82, 2.24) is 5.32 Å². The Labute approximate surface area is 121 Å². The van der Waals surface area contributed by atoms with E-state index in [0.29, 0.717) is 18.9 Å². The summed E-state index contributed by atoms with van der Waals surface area (Å²) in [6.07, 6.45) is 2.55. The number of carboxylic acids is 1. The van der Waals surface area contributed by atoms with Gasteiger partial charge in [-0.3, -0.25) is 4.21 Å². The Bertz CT molecular complexity index is 464. The molecule has 1 aromatic carbocycles. The van der Waals surface area contributed by atoms with Crippen LogP contribution in [0, 0.1) is 0 Å². The third kappa shape index (κ3) is 5.71. The zero-order chi connectivity index (χ0) is 15.0. The number of benzene rings is 1. The lowest BCUT2D eigenvalue weighted by Crippen LogP contribution is -2.25. The lowest BCUT2D eigenvalue weighted by atomic mass is 10.2. The highest BCUT2D eigenvalue weighted by atomic mass is 32.2. The molecule has 0 aliphatic rings. The van der Waals surface area contributed by atoms with Crippen LogP contribution in [0.25, 0.3) is 0 Å². The molecule has 1 rings (SSSR count). The molecule has 0 bridgehead atoms. The van der Waals surface area contributed by atoms with Crippen molar-refractivity contribution < 1.29 is 18.8 Å². The zero-order valence-corrected chi connectivity index (χ0v) is 12.6. The van der Waals surface area contributed by atoms with Crippen molar-refractivity contribution in [3.63, 3.8) is 0 Å². The van der Waals surface area contributed by atoms with Crippen LogP contribution in [0.1, 0.15) is 23.7 Å². The molecule has 1 aromatic rings. The van der Waals surface area contributed by atoms with E-state index in [1.807, 2.05) is 6.92 Å². The predicted molar refractivity (Wildman–Crippen MR) is 79.9 cm³/mol. The maximum absolute atomic E-state index is 11.2. The van der Waals surface area contributed by atoms with Gasteiger partial charge in [-0.2, -0.15) is 0 Å².